The molecule has 1 aliphatic rings. The van der Waals surface area contributed by atoms with Gasteiger partial charge in [-0.1, -0.05) is 36.4 Å². The number of rotatable bonds is 6. The lowest BCUT2D eigenvalue weighted by molar-refractivity contribution is -0.128. The van der Waals surface area contributed by atoms with Crippen molar-refractivity contribution in [1.29, 1.82) is 0 Å². The minimum Gasteiger partial charge on any atom is -0.386 e. The number of nitrogens with zero attached hydrogens (tertiary/aromatic N) is 1. The number of amides is 3. The number of aliphatic hydroxyl groups excluding tert-OH is 1. The van der Waals surface area contributed by atoms with Gasteiger partial charge in [0.15, 0.2) is 0 Å². The van der Waals surface area contributed by atoms with Gasteiger partial charge in [-0.25, -0.2) is 13.6 Å². The van der Waals surface area contributed by atoms with Gasteiger partial charge < -0.3 is 10.4 Å². The number of hydrogen-bond donors (Lipinski definition) is 2. The van der Waals surface area contributed by atoms with Crippen LogP contribution in [0.4, 0.5) is 13.6 Å². The summed E-state index contributed by atoms with van der Waals surface area (Å²) in [6.45, 7) is -0.394. The van der Waals surface area contributed by atoms with Crippen LogP contribution in [0.1, 0.15) is 23.7 Å². The summed E-state index contributed by atoms with van der Waals surface area (Å²) in [5.41, 5.74) is 0.876. The molecule has 1 fully saturated rings. The smallest absolute Gasteiger partial charge is 0.324 e. The Kier molecular flexibility index (Phi) is 5.27. The van der Waals surface area contributed by atoms with Crippen LogP contribution in [-0.4, -0.2) is 34.5 Å². The van der Waals surface area contributed by atoms with Gasteiger partial charge in [0.05, 0.1) is 12.6 Å². The standard InChI is InChI=1S/C19H18F2N2O3/c20-13-7-8-14(15(21)10-13)17(24)11-23-18(25)16(22-19(23)26)9-6-12-4-2-1-3-5-12/h1-5,7-8,10,16-17,24H,6,9,11H2,(H,22,26). The van der Waals surface area contributed by atoms with E-state index in [1.54, 1.807) is 0 Å². The first-order valence-electron chi connectivity index (χ1n) is 8.24. The largest absolute Gasteiger partial charge is 0.386 e. The summed E-state index contributed by atoms with van der Waals surface area (Å²) in [6, 6.07) is 11.0. The average molecular weight is 360 g/mol. The van der Waals surface area contributed by atoms with E-state index in [9.17, 15) is 23.5 Å². The summed E-state index contributed by atoms with van der Waals surface area (Å²) in [5, 5.41) is 12.7. The predicted molar refractivity (Wildman–Crippen MR) is 90.1 cm³/mol. The Hall–Kier alpha value is -2.80. The Balaban J connectivity index is 1.63. The number of aliphatic hydroxyl groups is 1. The zero-order chi connectivity index (χ0) is 18.7. The maximum atomic E-state index is 13.8. The van der Waals surface area contributed by atoms with Crippen LogP contribution in [0.2, 0.25) is 0 Å². The molecule has 2 unspecified atom stereocenters. The van der Waals surface area contributed by atoms with Crippen molar-refractivity contribution < 1.29 is 23.5 Å². The number of imide groups is 1. The summed E-state index contributed by atoms with van der Waals surface area (Å²) < 4.78 is 26.7. The molecule has 1 saturated heterocycles. The highest BCUT2D eigenvalue weighted by Gasteiger charge is 2.38. The Bertz CT molecular complexity index is 814. The Morgan fingerprint density at radius 3 is 2.54 bits per heavy atom. The molecule has 2 aromatic rings. The maximum Gasteiger partial charge on any atom is 0.324 e. The minimum atomic E-state index is -1.43. The van der Waals surface area contributed by atoms with Gasteiger partial charge in [-0.3, -0.25) is 9.69 Å². The molecule has 3 amide bonds. The number of β-amino-alcohol motifs (C(OH)–C–C–N with tert-alkyl or cyclic N) is 1. The third kappa shape index (κ3) is 3.88. The van der Waals surface area contributed by atoms with Gasteiger partial charge in [-0.05, 0) is 24.5 Å². The Labute approximate surface area is 149 Å². The van der Waals surface area contributed by atoms with E-state index in [1.807, 2.05) is 30.3 Å². The van der Waals surface area contributed by atoms with Gasteiger partial charge in [0.1, 0.15) is 17.7 Å². The molecular formula is C19H18F2N2O3. The number of halogens is 2. The van der Waals surface area contributed by atoms with Gasteiger partial charge in [-0.15, -0.1) is 0 Å². The number of carbonyl (C=O) groups excluding carboxylic acids is 2. The number of hydrogen-bond acceptors (Lipinski definition) is 3. The summed E-state index contributed by atoms with van der Waals surface area (Å²) in [7, 11) is 0. The van der Waals surface area contributed by atoms with Crippen molar-refractivity contribution in [2.75, 3.05) is 6.54 Å². The lowest BCUT2D eigenvalue weighted by atomic mass is 10.0. The van der Waals surface area contributed by atoms with E-state index >= 15 is 0 Å². The third-order valence-corrected chi connectivity index (χ3v) is 4.35. The van der Waals surface area contributed by atoms with Crippen LogP contribution in [0.15, 0.2) is 48.5 Å². The molecule has 0 aromatic heterocycles. The monoisotopic (exact) mass is 360 g/mol. The van der Waals surface area contributed by atoms with E-state index in [2.05, 4.69) is 5.32 Å². The van der Waals surface area contributed by atoms with E-state index < -0.39 is 42.3 Å². The fraction of sp³-hybridized carbons (Fsp3) is 0.263. The van der Waals surface area contributed by atoms with Crippen molar-refractivity contribution in [2.45, 2.75) is 25.0 Å². The molecule has 3 rings (SSSR count). The fourth-order valence-electron chi connectivity index (χ4n) is 2.94. The molecule has 136 valence electrons. The zero-order valence-corrected chi connectivity index (χ0v) is 13.9. The lowest BCUT2D eigenvalue weighted by Gasteiger charge is -2.18. The first kappa shape index (κ1) is 18.0. The molecule has 1 heterocycles. The van der Waals surface area contributed by atoms with Gasteiger partial charge in [0.25, 0.3) is 5.91 Å². The molecule has 0 bridgehead atoms. The Morgan fingerprint density at radius 1 is 1.12 bits per heavy atom. The second-order valence-corrected chi connectivity index (χ2v) is 6.16. The quantitative estimate of drug-likeness (QED) is 0.778. The van der Waals surface area contributed by atoms with Crippen molar-refractivity contribution in [1.82, 2.24) is 10.2 Å². The van der Waals surface area contributed by atoms with Gasteiger partial charge in [0.2, 0.25) is 0 Å². The lowest BCUT2D eigenvalue weighted by Crippen LogP contribution is -2.35. The number of carbonyl (C=O) groups is 2. The summed E-state index contributed by atoms with van der Waals surface area (Å²) in [6.07, 6.45) is -0.398. The van der Waals surface area contributed by atoms with Crippen LogP contribution >= 0.6 is 0 Å². The number of urea groups is 1. The highest BCUT2D eigenvalue weighted by molar-refractivity contribution is 6.04. The summed E-state index contributed by atoms with van der Waals surface area (Å²) in [4.78, 5) is 25.3. The molecule has 2 N–H and O–H groups in total. The second kappa shape index (κ2) is 7.61. The van der Waals surface area contributed by atoms with E-state index in [-0.39, 0.29) is 5.56 Å². The van der Waals surface area contributed by atoms with E-state index in [0.29, 0.717) is 18.9 Å². The molecule has 2 atom stereocenters. The number of nitrogens with one attached hydrogen (secondary N) is 1. The second-order valence-electron chi connectivity index (χ2n) is 6.16. The molecule has 0 saturated carbocycles. The minimum absolute atomic E-state index is 0.167. The molecule has 2 aromatic carbocycles. The highest BCUT2D eigenvalue weighted by Crippen LogP contribution is 2.21. The third-order valence-electron chi connectivity index (χ3n) is 4.35. The molecule has 26 heavy (non-hydrogen) atoms. The van der Waals surface area contributed by atoms with Crippen molar-refractivity contribution in [3.05, 3.63) is 71.3 Å². The zero-order valence-electron chi connectivity index (χ0n) is 13.9. The number of aryl methyl sites for hydroxylation is 1. The van der Waals surface area contributed by atoms with Gasteiger partial charge >= 0.3 is 6.03 Å². The Morgan fingerprint density at radius 2 is 1.85 bits per heavy atom. The van der Waals surface area contributed by atoms with E-state index in [4.69, 9.17) is 0 Å². The summed E-state index contributed by atoms with van der Waals surface area (Å²) >= 11 is 0. The van der Waals surface area contributed by atoms with Crippen molar-refractivity contribution >= 4 is 11.9 Å². The van der Waals surface area contributed by atoms with Gasteiger partial charge in [-0.2, -0.15) is 0 Å². The highest BCUT2D eigenvalue weighted by atomic mass is 19.1. The van der Waals surface area contributed by atoms with Gasteiger partial charge in [0, 0.05) is 11.6 Å². The molecule has 0 radical (unpaired) electrons. The van der Waals surface area contributed by atoms with Crippen molar-refractivity contribution in [2.24, 2.45) is 0 Å². The molecule has 7 heteroatoms. The van der Waals surface area contributed by atoms with Crippen LogP contribution in [0, 0.1) is 11.6 Å². The van der Waals surface area contributed by atoms with E-state index in [1.165, 1.54) is 0 Å². The first-order chi connectivity index (χ1) is 12.5. The van der Waals surface area contributed by atoms with E-state index in [0.717, 1.165) is 22.6 Å². The maximum absolute atomic E-state index is 13.8. The van der Waals surface area contributed by atoms with Crippen LogP contribution in [0.5, 0.6) is 0 Å². The van der Waals surface area contributed by atoms with Crippen LogP contribution in [0.25, 0.3) is 0 Å². The normalized spacial score (nSPS) is 18.1. The molecule has 0 spiro atoms. The average Bonchev–Trinajstić information content (AvgIpc) is 2.88. The molecular weight excluding hydrogens is 342 g/mol. The van der Waals surface area contributed by atoms with Crippen LogP contribution in [-0.2, 0) is 11.2 Å². The van der Waals surface area contributed by atoms with Crippen molar-refractivity contribution in [3.8, 4) is 0 Å². The fourth-order valence-corrected chi connectivity index (χ4v) is 2.94. The summed E-state index contributed by atoms with van der Waals surface area (Å²) in [5.74, 6) is -2.16. The van der Waals surface area contributed by atoms with Crippen LogP contribution < -0.4 is 5.32 Å². The topological polar surface area (TPSA) is 69.6 Å². The SMILES string of the molecule is O=C1NC(CCc2ccccc2)C(=O)N1CC(O)c1ccc(F)cc1F. The molecule has 5 nitrogen and oxygen atoms in total. The van der Waals surface area contributed by atoms with Crippen molar-refractivity contribution in [3.63, 3.8) is 0 Å². The predicted octanol–water partition coefficient (Wildman–Crippen LogP) is 2.55. The molecule has 0 aliphatic carbocycles. The van der Waals surface area contributed by atoms with Crippen LogP contribution in [0.3, 0.4) is 0 Å². The first-order valence-corrected chi connectivity index (χ1v) is 8.24. The number of benzene rings is 2. The molecule has 1 aliphatic heterocycles.